The highest BCUT2D eigenvalue weighted by atomic mass is 32.1. The molecule has 1 saturated carbocycles. The molecular weight excluding hydrogens is 288 g/mol. The van der Waals surface area contributed by atoms with E-state index < -0.39 is 11.8 Å². The maximum atomic E-state index is 12.6. The quantitative estimate of drug-likeness (QED) is 0.866. The summed E-state index contributed by atoms with van der Waals surface area (Å²) in [5, 5.41) is 3.19. The Morgan fingerprint density at radius 3 is 2.65 bits per heavy atom. The number of carbonyl (C=O) groups is 2. The number of amides is 2. The third-order valence-corrected chi connectivity index (χ3v) is 4.32. The summed E-state index contributed by atoms with van der Waals surface area (Å²) < 4.78 is 25.3. The number of hydrogen-bond donors (Lipinski definition) is 2. The molecule has 1 heterocycles. The van der Waals surface area contributed by atoms with Crippen LogP contribution in [-0.4, -0.2) is 22.7 Å². The van der Waals surface area contributed by atoms with Crippen LogP contribution in [0.2, 0.25) is 0 Å². The summed E-state index contributed by atoms with van der Waals surface area (Å²) in [5.41, 5.74) is 5.71. The summed E-state index contributed by atoms with van der Waals surface area (Å²) in [6.07, 6.45) is -0.339. The highest BCUT2D eigenvalue weighted by molar-refractivity contribution is 7.13. The second-order valence-electron chi connectivity index (χ2n) is 5.00. The molecule has 0 bridgehead atoms. The molecular formula is C12H15F2N3O2S. The van der Waals surface area contributed by atoms with Crippen LogP contribution in [0.1, 0.15) is 39.6 Å². The largest absolute Gasteiger partial charge is 0.365 e. The van der Waals surface area contributed by atoms with Crippen LogP contribution in [0.4, 0.5) is 8.78 Å². The van der Waals surface area contributed by atoms with Crippen molar-refractivity contribution >= 4 is 23.2 Å². The molecule has 1 fully saturated rings. The van der Waals surface area contributed by atoms with Crippen LogP contribution in [0.3, 0.4) is 0 Å². The Labute approximate surface area is 118 Å². The number of halogens is 2. The van der Waals surface area contributed by atoms with Gasteiger partial charge in [-0.1, -0.05) is 0 Å². The molecule has 1 aliphatic rings. The van der Waals surface area contributed by atoms with Gasteiger partial charge in [0.25, 0.3) is 5.91 Å². The molecule has 0 atom stereocenters. The molecule has 3 N–H and O–H groups in total. The molecule has 5 nitrogen and oxygen atoms in total. The number of nitrogens with one attached hydrogen (secondary N) is 1. The van der Waals surface area contributed by atoms with Crippen molar-refractivity contribution in [2.24, 2.45) is 11.7 Å². The molecule has 1 aromatic heterocycles. The predicted molar refractivity (Wildman–Crippen MR) is 69.5 cm³/mol. The first-order valence-corrected chi connectivity index (χ1v) is 6.99. The fraction of sp³-hybridized carbons (Fsp3) is 0.583. The van der Waals surface area contributed by atoms with E-state index in [0.717, 1.165) is 11.3 Å². The Bertz CT molecular complexity index is 537. The Morgan fingerprint density at radius 2 is 2.15 bits per heavy atom. The zero-order chi connectivity index (χ0) is 14.9. The standard InChI is InChI=1S/C12H15F2N3O2S/c1-6-10(11(15)19)20-9(17-6)5-16-8(18)2-7-3-12(13,14)4-7/h7H,2-5H2,1H3,(H2,15,19)(H,16,18). The molecule has 2 rings (SSSR count). The summed E-state index contributed by atoms with van der Waals surface area (Å²) in [4.78, 5) is 27.1. The van der Waals surface area contributed by atoms with E-state index in [4.69, 9.17) is 5.73 Å². The molecule has 0 aliphatic heterocycles. The van der Waals surface area contributed by atoms with Gasteiger partial charge in [-0.3, -0.25) is 9.59 Å². The molecule has 1 aromatic rings. The van der Waals surface area contributed by atoms with Crippen LogP contribution in [0.25, 0.3) is 0 Å². The van der Waals surface area contributed by atoms with Crippen molar-refractivity contribution in [2.45, 2.75) is 38.7 Å². The lowest BCUT2D eigenvalue weighted by Gasteiger charge is -2.34. The van der Waals surface area contributed by atoms with Crippen molar-refractivity contribution in [1.29, 1.82) is 0 Å². The molecule has 110 valence electrons. The Hall–Kier alpha value is -1.57. The normalized spacial score (nSPS) is 17.6. The van der Waals surface area contributed by atoms with Crippen LogP contribution in [0.15, 0.2) is 0 Å². The van der Waals surface area contributed by atoms with E-state index in [2.05, 4.69) is 10.3 Å². The molecule has 0 unspecified atom stereocenters. The number of nitrogens with two attached hydrogens (primary N) is 1. The predicted octanol–water partition coefficient (Wildman–Crippen LogP) is 1.60. The summed E-state index contributed by atoms with van der Waals surface area (Å²) in [7, 11) is 0. The second-order valence-corrected chi connectivity index (χ2v) is 6.08. The summed E-state index contributed by atoms with van der Waals surface area (Å²) in [6.45, 7) is 1.85. The molecule has 0 spiro atoms. The smallest absolute Gasteiger partial charge is 0.260 e. The fourth-order valence-corrected chi connectivity index (χ4v) is 3.05. The Kier molecular flexibility index (Phi) is 4.03. The lowest BCUT2D eigenvalue weighted by Crippen LogP contribution is -2.38. The van der Waals surface area contributed by atoms with Crippen LogP contribution < -0.4 is 11.1 Å². The van der Waals surface area contributed by atoms with Gasteiger partial charge < -0.3 is 11.1 Å². The van der Waals surface area contributed by atoms with E-state index in [0.29, 0.717) is 15.6 Å². The first kappa shape index (κ1) is 14.8. The first-order valence-electron chi connectivity index (χ1n) is 6.17. The van der Waals surface area contributed by atoms with E-state index in [1.165, 1.54) is 0 Å². The van der Waals surface area contributed by atoms with Gasteiger partial charge >= 0.3 is 0 Å². The summed E-state index contributed by atoms with van der Waals surface area (Å²) >= 11 is 1.13. The van der Waals surface area contributed by atoms with Crippen LogP contribution in [-0.2, 0) is 11.3 Å². The lowest BCUT2D eigenvalue weighted by atomic mass is 9.79. The Morgan fingerprint density at radius 1 is 1.50 bits per heavy atom. The minimum absolute atomic E-state index is 0.0998. The number of aryl methyl sites for hydroxylation is 1. The van der Waals surface area contributed by atoms with E-state index in [-0.39, 0.29) is 37.6 Å². The highest BCUT2D eigenvalue weighted by Crippen LogP contribution is 2.43. The molecule has 2 amide bonds. The van der Waals surface area contributed by atoms with Crippen LogP contribution >= 0.6 is 11.3 Å². The third kappa shape index (κ3) is 3.50. The van der Waals surface area contributed by atoms with Gasteiger partial charge in [0.1, 0.15) is 9.88 Å². The molecule has 20 heavy (non-hydrogen) atoms. The van der Waals surface area contributed by atoms with Crippen molar-refractivity contribution in [3.05, 3.63) is 15.6 Å². The SMILES string of the molecule is Cc1nc(CNC(=O)CC2CC(F)(F)C2)sc1C(N)=O. The maximum absolute atomic E-state index is 12.6. The number of alkyl halides is 2. The highest BCUT2D eigenvalue weighted by Gasteiger charge is 2.45. The lowest BCUT2D eigenvalue weighted by molar-refractivity contribution is -0.133. The van der Waals surface area contributed by atoms with Crippen molar-refractivity contribution in [1.82, 2.24) is 10.3 Å². The van der Waals surface area contributed by atoms with E-state index in [9.17, 15) is 18.4 Å². The minimum atomic E-state index is -2.60. The van der Waals surface area contributed by atoms with Crippen molar-refractivity contribution in [3.63, 3.8) is 0 Å². The van der Waals surface area contributed by atoms with Gasteiger partial charge in [0.05, 0.1) is 12.2 Å². The molecule has 1 aliphatic carbocycles. The monoisotopic (exact) mass is 303 g/mol. The average molecular weight is 303 g/mol. The second kappa shape index (κ2) is 5.43. The zero-order valence-electron chi connectivity index (χ0n) is 10.9. The van der Waals surface area contributed by atoms with Crippen LogP contribution in [0.5, 0.6) is 0 Å². The molecule has 8 heteroatoms. The number of aromatic nitrogens is 1. The zero-order valence-corrected chi connectivity index (χ0v) is 11.7. The number of nitrogens with zero attached hydrogens (tertiary/aromatic N) is 1. The molecule has 0 radical (unpaired) electrons. The summed E-state index contributed by atoms with van der Waals surface area (Å²) in [6, 6.07) is 0. The third-order valence-electron chi connectivity index (χ3n) is 3.15. The minimum Gasteiger partial charge on any atom is -0.365 e. The van der Waals surface area contributed by atoms with Gasteiger partial charge in [0.15, 0.2) is 0 Å². The Balaban J connectivity index is 1.79. The average Bonchev–Trinajstić information content (AvgIpc) is 2.65. The van der Waals surface area contributed by atoms with Crippen molar-refractivity contribution in [2.75, 3.05) is 0 Å². The van der Waals surface area contributed by atoms with Crippen LogP contribution in [0, 0.1) is 12.8 Å². The van der Waals surface area contributed by atoms with Gasteiger partial charge in [-0.25, -0.2) is 13.8 Å². The van der Waals surface area contributed by atoms with Gasteiger partial charge in [-0.05, 0) is 12.8 Å². The number of primary amides is 1. The molecule has 0 saturated heterocycles. The van der Waals surface area contributed by atoms with Crippen molar-refractivity contribution in [3.8, 4) is 0 Å². The molecule has 0 aromatic carbocycles. The van der Waals surface area contributed by atoms with E-state index >= 15 is 0 Å². The fourth-order valence-electron chi connectivity index (χ4n) is 2.19. The number of carbonyl (C=O) groups excluding carboxylic acids is 2. The van der Waals surface area contributed by atoms with Crippen molar-refractivity contribution < 1.29 is 18.4 Å². The van der Waals surface area contributed by atoms with Gasteiger partial charge in [-0.2, -0.15) is 0 Å². The maximum Gasteiger partial charge on any atom is 0.260 e. The van der Waals surface area contributed by atoms with Gasteiger partial charge in [0.2, 0.25) is 11.8 Å². The van der Waals surface area contributed by atoms with Gasteiger partial charge in [0, 0.05) is 19.3 Å². The van der Waals surface area contributed by atoms with E-state index in [1.54, 1.807) is 6.92 Å². The number of hydrogen-bond acceptors (Lipinski definition) is 4. The first-order chi connectivity index (χ1) is 9.27. The number of thiazole rings is 1. The summed E-state index contributed by atoms with van der Waals surface area (Å²) in [5.74, 6) is -3.68. The van der Waals surface area contributed by atoms with Gasteiger partial charge in [-0.15, -0.1) is 11.3 Å². The number of rotatable bonds is 5. The van der Waals surface area contributed by atoms with E-state index in [1.807, 2.05) is 0 Å². The topological polar surface area (TPSA) is 85.1 Å².